The number of carbonyl (C=O) groups excluding carboxylic acids is 1. The maximum Gasteiger partial charge on any atom is 0.302 e. The first-order valence-corrected chi connectivity index (χ1v) is 7.24. The zero-order chi connectivity index (χ0) is 15.0. The molecule has 1 aliphatic rings. The van der Waals surface area contributed by atoms with Crippen LogP contribution in [0.1, 0.15) is 39.5 Å². The molecule has 0 aromatic carbocycles. The van der Waals surface area contributed by atoms with Gasteiger partial charge in [-0.05, 0) is 30.8 Å². The second-order valence-electron chi connectivity index (χ2n) is 5.55. The van der Waals surface area contributed by atoms with E-state index < -0.39 is 0 Å². The highest BCUT2D eigenvalue weighted by atomic mass is 16.5. The van der Waals surface area contributed by atoms with Crippen molar-refractivity contribution in [3.05, 3.63) is 24.3 Å². The molecule has 3 unspecified atom stereocenters. The van der Waals surface area contributed by atoms with Crippen LogP contribution in [0.5, 0.6) is 0 Å². The van der Waals surface area contributed by atoms with E-state index >= 15 is 0 Å². The molecule has 0 bridgehead atoms. The second-order valence-corrected chi connectivity index (χ2v) is 5.55. The molecular weight excluding hydrogens is 256 g/mol. The van der Waals surface area contributed by atoms with Crippen LogP contribution in [0.3, 0.4) is 0 Å². The lowest BCUT2D eigenvalue weighted by Gasteiger charge is -2.28. The van der Waals surface area contributed by atoms with Gasteiger partial charge in [-0.1, -0.05) is 25.7 Å². The monoisotopic (exact) mass is 282 g/mol. The molecule has 1 N–H and O–H groups in total. The number of hydrogen-bond acceptors (Lipinski definition) is 4. The Kier molecular flexibility index (Phi) is 7.55. The normalized spacial score (nSPS) is 23.4. The highest BCUT2D eigenvalue weighted by Gasteiger charge is 2.20. The van der Waals surface area contributed by atoms with Gasteiger partial charge < -0.3 is 14.6 Å². The highest BCUT2D eigenvalue weighted by molar-refractivity contribution is 5.66. The minimum absolute atomic E-state index is 0.0372. The molecule has 0 amide bonds. The number of aliphatic hydroxyl groups is 1. The molecule has 0 spiro atoms. The summed E-state index contributed by atoms with van der Waals surface area (Å²) in [5.74, 6) is 0.163. The lowest BCUT2D eigenvalue weighted by molar-refractivity contribution is -0.140. The Balaban J connectivity index is 2.28. The third-order valence-electron chi connectivity index (χ3n) is 3.31. The third kappa shape index (κ3) is 6.87. The quantitative estimate of drug-likeness (QED) is 0.549. The summed E-state index contributed by atoms with van der Waals surface area (Å²) >= 11 is 0. The van der Waals surface area contributed by atoms with E-state index in [1.807, 2.05) is 6.08 Å². The molecule has 1 heterocycles. The zero-order valence-corrected chi connectivity index (χ0v) is 12.5. The minimum Gasteiger partial charge on any atom is -0.461 e. The molecule has 0 aromatic rings. The Morgan fingerprint density at radius 2 is 2.35 bits per heavy atom. The first kappa shape index (κ1) is 16.9. The fourth-order valence-electron chi connectivity index (χ4n) is 2.46. The van der Waals surface area contributed by atoms with Crippen LogP contribution in [0, 0.1) is 5.92 Å². The topological polar surface area (TPSA) is 55.8 Å². The van der Waals surface area contributed by atoms with Crippen molar-refractivity contribution in [1.82, 2.24) is 0 Å². The van der Waals surface area contributed by atoms with Crippen LogP contribution in [0.4, 0.5) is 0 Å². The van der Waals surface area contributed by atoms with Crippen molar-refractivity contribution < 1.29 is 19.4 Å². The lowest BCUT2D eigenvalue weighted by atomic mass is 9.94. The number of aliphatic hydroxyl groups excluding tert-OH is 1. The summed E-state index contributed by atoms with van der Waals surface area (Å²) in [7, 11) is 0. The Labute approximate surface area is 121 Å². The van der Waals surface area contributed by atoms with Gasteiger partial charge in [0, 0.05) is 20.0 Å². The summed E-state index contributed by atoms with van der Waals surface area (Å²) in [6.07, 6.45) is 7.76. The summed E-state index contributed by atoms with van der Waals surface area (Å²) in [5, 5.41) is 8.94. The third-order valence-corrected chi connectivity index (χ3v) is 3.31. The molecule has 114 valence electrons. The predicted molar refractivity (Wildman–Crippen MR) is 78.3 cm³/mol. The molecule has 0 saturated heterocycles. The van der Waals surface area contributed by atoms with Gasteiger partial charge in [-0.15, -0.1) is 0 Å². The smallest absolute Gasteiger partial charge is 0.302 e. The van der Waals surface area contributed by atoms with Crippen LogP contribution in [0.15, 0.2) is 24.3 Å². The van der Waals surface area contributed by atoms with Gasteiger partial charge in [-0.2, -0.15) is 0 Å². The van der Waals surface area contributed by atoms with Crippen LogP contribution in [-0.4, -0.2) is 36.5 Å². The van der Waals surface area contributed by atoms with Crippen molar-refractivity contribution >= 4 is 5.97 Å². The molecule has 4 nitrogen and oxygen atoms in total. The first-order valence-electron chi connectivity index (χ1n) is 7.24. The van der Waals surface area contributed by atoms with Crippen molar-refractivity contribution in [3.8, 4) is 0 Å². The van der Waals surface area contributed by atoms with Crippen LogP contribution in [0.25, 0.3) is 0 Å². The van der Waals surface area contributed by atoms with Crippen molar-refractivity contribution in [2.75, 3.05) is 13.2 Å². The maximum atomic E-state index is 10.7. The van der Waals surface area contributed by atoms with E-state index in [0.29, 0.717) is 18.9 Å². The number of hydrogen-bond donors (Lipinski definition) is 1. The van der Waals surface area contributed by atoms with E-state index in [-0.39, 0.29) is 24.8 Å². The van der Waals surface area contributed by atoms with Gasteiger partial charge in [-0.3, -0.25) is 4.79 Å². The van der Waals surface area contributed by atoms with Crippen molar-refractivity contribution in [1.29, 1.82) is 0 Å². The van der Waals surface area contributed by atoms with Gasteiger partial charge in [0.15, 0.2) is 0 Å². The maximum absolute atomic E-state index is 10.7. The zero-order valence-electron chi connectivity index (χ0n) is 12.5. The number of esters is 1. The van der Waals surface area contributed by atoms with Gasteiger partial charge in [0.1, 0.15) is 6.61 Å². The summed E-state index contributed by atoms with van der Waals surface area (Å²) in [6.45, 7) is 7.95. The summed E-state index contributed by atoms with van der Waals surface area (Å²) < 4.78 is 10.9. The Morgan fingerprint density at radius 1 is 1.60 bits per heavy atom. The first-order chi connectivity index (χ1) is 9.51. The average molecular weight is 282 g/mol. The highest BCUT2D eigenvalue weighted by Crippen LogP contribution is 2.23. The SMILES string of the molecule is C=C(COC(C)=O)CC(C)CC1CC=CC(CCO)O1. The van der Waals surface area contributed by atoms with E-state index in [9.17, 15) is 4.79 Å². The van der Waals surface area contributed by atoms with E-state index in [2.05, 4.69) is 19.6 Å². The van der Waals surface area contributed by atoms with Gasteiger partial charge in [-0.25, -0.2) is 0 Å². The van der Waals surface area contributed by atoms with Gasteiger partial charge in [0.25, 0.3) is 0 Å². The van der Waals surface area contributed by atoms with Crippen LogP contribution in [-0.2, 0) is 14.3 Å². The number of carbonyl (C=O) groups is 1. The van der Waals surface area contributed by atoms with Gasteiger partial charge in [0.2, 0.25) is 0 Å². The molecule has 0 saturated carbocycles. The summed E-state index contributed by atoms with van der Waals surface area (Å²) in [6, 6.07) is 0. The fraction of sp³-hybridized carbons (Fsp3) is 0.688. The molecule has 0 radical (unpaired) electrons. The van der Waals surface area contributed by atoms with Crippen molar-refractivity contribution in [2.24, 2.45) is 5.92 Å². The van der Waals surface area contributed by atoms with E-state index in [4.69, 9.17) is 14.6 Å². The van der Waals surface area contributed by atoms with Gasteiger partial charge >= 0.3 is 5.97 Å². The van der Waals surface area contributed by atoms with Crippen LogP contribution in [0.2, 0.25) is 0 Å². The molecular formula is C16H26O4. The minimum atomic E-state index is -0.272. The molecule has 1 aliphatic heterocycles. The van der Waals surface area contributed by atoms with E-state index in [1.54, 1.807) is 0 Å². The lowest BCUT2D eigenvalue weighted by Crippen LogP contribution is -2.26. The Bertz CT molecular complexity index is 348. The van der Waals surface area contributed by atoms with E-state index in [1.165, 1.54) is 6.92 Å². The standard InChI is InChI=1S/C16H26O4/c1-12(9-13(2)11-19-14(3)18)10-16-6-4-5-15(20-16)7-8-17/h4-5,12,15-17H,2,6-11H2,1,3H3. The molecule has 0 aliphatic carbocycles. The molecule has 0 aromatic heterocycles. The number of ether oxygens (including phenoxy) is 2. The summed E-state index contributed by atoms with van der Waals surface area (Å²) in [5.41, 5.74) is 0.936. The fourth-order valence-corrected chi connectivity index (χ4v) is 2.46. The van der Waals surface area contributed by atoms with Crippen molar-refractivity contribution in [2.45, 2.75) is 51.7 Å². The Morgan fingerprint density at radius 3 is 3.00 bits per heavy atom. The molecule has 1 rings (SSSR count). The predicted octanol–water partition coefficient (Wildman–Crippen LogP) is 2.62. The number of rotatable bonds is 8. The summed E-state index contributed by atoms with van der Waals surface area (Å²) in [4.78, 5) is 10.7. The molecule has 0 fully saturated rings. The molecule has 4 heteroatoms. The van der Waals surface area contributed by atoms with Crippen molar-refractivity contribution in [3.63, 3.8) is 0 Å². The van der Waals surface area contributed by atoms with Crippen LogP contribution >= 0.6 is 0 Å². The van der Waals surface area contributed by atoms with Gasteiger partial charge in [0.05, 0.1) is 12.2 Å². The molecule has 20 heavy (non-hydrogen) atoms. The Hall–Kier alpha value is -1.13. The molecule has 3 atom stereocenters. The van der Waals surface area contributed by atoms with Crippen LogP contribution < -0.4 is 0 Å². The van der Waals surface area contributed by atoms with E-state index in [0.717, 1.165) is 24.8 Å². The second kappa shape index (κ2) is 8.93. The average Bonchev–Trinajstić information content (AvgIpc) is 2.37. The largest absolute Gasteiger partial charge is 0.461 e.